The van der Waals surface area contributed by atoms with Gasteiger partial charge in [-0.15, -0.1) is 5.10 Å². The van der Waals surface area contributed by atoms with Gasteiger partial charge in [0.15, 0.2) is 0 Å². The van der Waals surface area contributed by atoms with Crippen molar-refractivity contribution < 1.29 is 14.3 Å². The fourth-order valence-corrected chi connectivity index (χ4v) is 3.53. The van der Waals surface area contributed by atoms with E-state index in [0.717, 1.165) is 16.5 Å². The van der Waals surface area contributed by atoms with Crippen LogP contribution in [0.1, 0.15) is 22.0 Å². The standard InChI is InChI=1S/C21H19N7O3/c1-28-16-8-13-10-22-25-14(13)9-17(16)31-11-15(21(28)30)23-20(29)19-24-18(26-27-19)7-12-5-3-2-4-6-12/h2-6,8-10,15H,7,11H2,1H3,(H,22,25)(H,23,29)(H,24,26,27)/t15-/m0/s1. The maximum Gasteiger partial charge on any atom is 0.291 e. The Morgan fingerprint density at radius 1 is 1.26 bits per heavy atom. The van der Waals surface area contributed by atoms with E-state index in [-0.39, 0.29) is 18.3 Å². The summed E-state index contributed by atoms with van der Waals surface area (Å²) < 4.78 is 5.83. The van der Waals surface area contributed by atoms with Gasteiger partial charge in [0.1, 0.15) is 24.2 Å². The minimum atomic E-state index is -0.877. The summed E-state index contributed by atoms with van der Waals surface area (Å²) in [6.45, 7) is -0.0111. The zero-order valence-corrected chi connectivity index (χ0v) is 16.6. The topological polar surface area (TPSA) is 129 Å². The van der Waals surface area contributed by atoms with Crippen molar-refractivity contribution in [1.29, 1.82) is 0 Å². The monoisotopic (exact) mass is 417 g/mol. The fourth-order valence-electron chi connectivity index (χ4n) is 3.53. The van der Waals surface area contributed by atoms with Crippen LogP contribution < -0.4 is 15.0 Å². The highest BCUT2D eigenvalue weighted by atomic mass is 16.5. The number of aromatic amines is 2. The molecule has 3 heterocycles. The van der Waals surface area contributed by atoms with E-state index in [9.17, 15) is 9.59 Å². The summed E-state index contributed by atoms with van der Waals surface area (Å²) in [6, 6.07) is 12.5. The molecule has 3 N–H and O–H groups in total. The van der Waals surface area contributed by atoms with E-state index in [0.29, 0.717) is 23.7 Å². The van der Waals surface area contributed by atoms with Crippen molar-refractivity contribution in [2.45, 2.75) is 12.5 Å². The number of aromatic nitrogens is 5. The molecule has 0 spiro atoms. The van der Waals surface area contributed by atoms with Crippen molar-refractivity contribution in [2.75, 3.05) is 18.6 Å². The largest absolute Gasteiger partial charge is 0.489 e. The molecular formula is C21H19N7O3. The molecule has 2 amide bonds. The van der Waals surface area contributed by atoms with Crippen molar-refractivity contribution in [1.82, 2.24) is 30.7 Å². The Kier molecular flexibility index (Phi) is 4.58. The third-order valence-corrected chi connectivity index (χ3v) is 5.17. The van der Waals surface area contributed by atoms with E-state index in [1.807, 2.05) is 36.4 Å². The molecule has 1 aliphatic rings. The molecule has 2 aromatic carbocycles. The molecule has 1 aliphatic heterocycles. The van der Waals surface area contributed by atoms with Gasteiger partial charge in [-0.1, -0.05) is 30.3 Å². The molecule has 5 rings (SSSR count). The summed E-state index contributed by atoms with van der Waals surface area (Å²) in [7, 11) is 1.64. The van der Waals surface area contributed by atoms with E-state index in [1.165, 1.54) is 4.90 Å². The van der Waals surface area contributed by atoms with E-state index >= 15 is 0 Å². The van der Waals surface area contributed by atoms with Crippen LogP contribution in [0.4, 0.5) is 5.69 Å². The highest BCUT2D eigenvalue weighted by Crippen LogP contribution is 2.34. The first-order chi connectivity index (χ1) is 15.1. The number of hydrogen-bond acceptors (Lipinski definition) is 6. The summed E-state index contributed by atoms with van der Waals surface area (Å²) in [6.07, 6.45) is 2.20. The summed E-state index contributed by atoms with van der Waals surface area (Å²) in [5.41, 5.74) is 2.45. The molecule has 0 bridgehead atoms. The van der Waals surface area contributed by atoms with Crippen LogP contribution in [0.2, 0.25) is 0 Å². The van der Waals surface area contributed by atoms with Gasteiger partial charge in [0.2, 0.25) is 5.82 Å². The van der Waals surface area contributed by atoms with Crippen LogP contribution in [-0.4, -0.2) is 56.9 Å². The number of carbonyl (C=O) groups excluding carboxylic acids is 2. The number of hydrogen-bond donors (Lipinski definition) is 3. The molecule has 0 fully saturated rings. The average Bonchev–Trinajstić information content (AvgIpc) is 3.42. The predicted octanol–water partition coefficient (Wildman–Crippen LogP) is 1.43. The summed E-state index contributed by atoms with van der Waals surface area (Å²) in [4.78, 5) is 31.3. The van der Waals surface area contributed by atoms with E-state index in [4.69, 9.17) is 4.74 Å². The second kappa shape index (κ2) is 7.56. The van der Waals surface area contributed by atoms with Crippen molar-refractivity contribution in [3.8, 4) is 5.75 Å². The summed E-state index contributed by atoms with van der Waals surface area (Å²) in [5, 5.41) is 17.2. The lowest BCUT2D eigenvalue weighted by Gasteiger charge is -2.20. The number of carbonyl (C=O) groups is 2. The van der Waals surface area contributed by atoms with Gasteiger partial charge in [0.05, 0.1) is 17.4 Å². The zero-order valence-electron chi connectivity index (χ0n) is 16.6. The predicted molar refractivity (Wildman–Crippen MR) is 112 cm³/mol. The van der Waals surface area contributed by atoms with Crippen LogP contribution in [0.3, 0.4) is 0 Å². The number of amides is 2. The van der Waals surface area contributed by atoms with Crippen LogP contribution >= 0.6 is 0 Å². The van der Waals surface area contributed by atoms with Crippen LogP contribution in [0.5, 0.6) is 5.75 Å². The number of benzene rings is 2. The van der Waals surface area contributed by atoms with Crippen molar-refractivity contribution in [3.63, 3.8) is 0 Å². The maximum atomic E-state index is 13.0. The number of likely N-dealkylation sites (N-methyl/N-ethyl adjacent to an activating group) is 1. The Hall–Kier alpha value is -4.21. The minimum Gasteiger partial charge on any atom is -0.489 e. The number of H-pyrrole nitrogens is 2. The van der Waals surface area contributed by atoms with Gasteiger partial charge in [-0.25, -0.2) is 4.98 Å². The minimum absolute atomic E-state index is 0.0111. The molecule has 10 nitrogen and oxygen atoms in total. The molecule has 0 radical (unpaired) electrons. The first kappa shape index (κ1) is 18.8. The number of fused-ring (bicyclic) bond motifs is 2. The molecule has 4 aromatic rings. The van der Waals surface area contributed by atoms with E-state index in [2.05, 4.69) is 30.7 Å². The summed E-state index contributed by atoms with van der Waals surface area (Å²) in [5.74, 6) is 0.228. The van der Waals surface area contributed by atoms with Crippen molar-refractivity contribution in [2.24, 2.45) is 0 Å². The molecule has 1 atom stereocenters. The van der Waals surface area contributed by atoms with Crippen LogP contribution in [0.15, 0.2) is 48.7 Å². The first-order valence-electron chi connectivity index (χ1n) is 9.72. The zero-order chi connectivity index (χ0) is 21.4. The number of nitrogens with zero attached hydrogens (tertiary/aromatic N) is 4. The quantitative estimate of drug-likeness (QED) is 0.461. The van der Waals surface area contributed by atoms with Gasteiger partial charge < -0.3 is 15.0 Å². The number of ether oxygens (including phenoxy) is 1. The van der Waals surface area contributed by atoms with Gasteiger partial charge in [-0.05, 0) is 11.6 Å². The lowest BCUT2D eigenvalue weighted by atomic mass is 10.1. The molecule has 0 unspecified atom stereocenters. The Balaban J connectivity index is 1.31. The Morgan fingerprint density at radius 3 is 2.94 bits per heavy atom. The molecule has 10 heteroatoms. The normalized spacial score (nSPS) is 16.0. The van der Waals surface area contributed by atoms with Gasteiger partial charge in [0, 0.05) is 24.9 Å². The Bertz CT molecular complexity index is 1260. The van der Waals surface area contributed by atoms with Gasteiger partial charge in [0.25, 0.3) is 11.8 Å². The smallest absolute Gasteiger partial charge is 0.291 e. The van der Waals surface area contributed by atoms with Gasteiger partial charge in [-0.3, -0.25) is 19.8 Å². The third kappa shape index (κ3) is 3.59. The molecule has 156 valence electrons. The molecule has 31 heavy (non-hydrogen) atoms. The second-order valence-corrected chi connectivity index (χ2v) is 7.28. The van der Waals surface area contributed by atoms with Crippen molar-refractivity contribution >= 4 is 28.4 Å². The lowest BCUT2D eigenvalue weighted by molar-refractivity contribution is -0.120. The Labute approximate surface area is 176 Å². The highest BCUT2D eigenvalue weighted by molar-refractivity contribution is 6.03. The first-order valence-corrected chi connectivity index (χ1v) is 9.72. The highest BCUT2D eigenvalue weighted by Gasteiger charge is 2.32. The number of anilines is 1. The summed E-state index contributed by atoms with van der Waals surface area (Å²) >= 11 is 0. The molecule has 2 aromatic heterocycles. The molecule has 0 saturated heterocycles. The molecule has 0 aliphatic carbocycles. The van der Waals surface area contributed by atoms with Gasteiger partial charge >= 0.3 is 0 Å². The SMILES string of the molecule is CN1C(=O)[C@@H](NC(=O)c2n[nH]c(Cc3ccccc3)n2)COc2cc3[nH]ncc3cc21. The molecule has 0 saturated carbocycles. The maximum absolute atomic E-state index is 13.0. The van der Waals surface area contributed by atoms with Crippen LogP contribution in [-0.2, 0) is 11.2 Å². The van der Waals surface area contributed by atoms with Gasteiger partial charge in [-0.2, -0.15) is 5.10 Å². The van der Waals surface area contributed by atoms with Crippen molar-refractivity contribution in [3.05, 3.63) is 65.9 Å². The molecular weight excluding hydrogens is 398 g/mol. The van der Waals surface area contributed by atoms with Crippen LogP contribution in [0, 0.1) is 0 Å². The average molecular weight is 417 g/mol. The van der Waals surface area contributed by atoms with E-state index in [1.54, 1.807) is 19.3 Å². The van der Waals surface area contributed by atoms with Crippen LogP contribution in [0.25, 0.3) is 10.9 Å². The number of nitrogens with one attached hydrogen (secondary N) is 3. The third-order valence-electron chi connectivity index (χ3n) is 5.17. The Morgan fingerprint density at radius 2 is 2.10 bits per heavy atom. The fraction of sp³-hybridized carbons (Fsp3) is 0.190. The van der Waals surface area contributed by atoms with E-state index < -0.39 is 11.9 Å². The number of rotatable bonds is 4. The lowest BCUT2D eigenvalue weighted by Crippen LogP contribution is -2.49. The second-order valence-electron chi connectivity index (χ2n) is 7.28.